The van der Waals surface area contributed by atoms with E-state index >= 15 is 0 Å². The molecule has 1 aliphatic heterocycles. The number of benzene rings is 1. The van der Waals surface area contributed by atoms with Crippen LogP contribution >= 0.6 is 11.6 Å². The first-order valence-corrected chi connectivity index (χ1v) is 7.48. The van der Waals surface area contributed by atoms with Crippen LogP contribution in [0.1, 0.15) is 25.3 Å². The van der Waals surface area contributed by atoms with E-state index in [2.05, 4.69) is 22.9 Å². The highest BCUT2D eigenvalue weighted by atomic mass is 35.5. The number of halogens is 1. The summed E-state index contributed by atoms with van der Waals surface area (Å²) in [5, 5.41) is 9.85. The van der Waals surface area contributed by atoms with Crippen molar-refractivity contribution >= 4 is 23.3 Å². The van der Waals surface area contributed by atoms with Crippen molar-refractivity contribution in [2.45, 2.75) is 32.7 Å². The monoisotopic (exact) mass is 295 g/mol. The zero-order valence-corrected chi connectivity index (χ0v) is 12.8. The normalized spacial score (nSPS) is 20.2. The average Bonchev–Trinajstić information content (AvgIpc) is 2.44. The second-order valence-electron chi connectivity index (χ2n) is 5.46. The van der Waals surface area contributed by atoms with Crippen molar-refractivity contribution < 1.29 is 4.79 Å². The van der Waals surface area contributed by atoms with Crippen molar-refractivity contribution in [3.63, 3.8) is 0 Å². The van der Waals surface area contributed by atoms with Gasteiger partial charge in [0.05, 0.1) is 0 Å². The van der Waals surface area contributed by atoms with Gasteiger partial charge in [-0.15, -0.1) is 0 Å². The van der Waals surface area contributed by atoms with Crippen LogP contribution in [0.15, 0.2) is 18.2 Å². The smallest absolute Gasteiger partial charge is 0.319 e. The van der Waals surface area contributed by atoms with Crippen molar-refractivity contribution in [1.29, 1.82) is 0 Å². The van der Waals surface area contributed by atoms with Crippen LogP contribution in [0.25, 0.3) is 0 Å². The van der Waals surface area contributed by atoms with Crippen molar-refractivity contribution in [2.75, 3.05) is 18.4 Å². The lowest BCUT2D eigenvalue weighted by molar-refractivity contribution is 0.238. The summed E-state index contributed by atoms with van der Waals surface area (Å²) in [5.41, 5.74) is 1.71. The van der Waals surface area contributed by atoms with E-state index in [9.17, 15) is 4.79 Å². The largest absolute Gasteiger partial charge is 0.335 e. The van der Waals surface area contributed by atoms with Crippen LogP contribution in [-0.2, 0) is 0 Å². The van der Waals surface area contributed by atoms with Crippen LogP contribution in [0.3, 0.4) is 0 Å². The summed E-state index contributed by atoms with van der Waals surface area (Å²) in [6, 6.07) is 5.50. The lowest BCUT2D eigenvalue weighted by atomic mass is 9.93. The Bertz CT molecular complexity index is 472. The van der Waals surface area contributed by atoms with Gasteiger partial charge in [-0.1, -0.05) is 17.7 Å². The number of hydrogen-bond donors (Lipinski definition) is 3. The van der Waals surface area contributed by atoms with E-state index in [1.165, 1.54) is 6.42 Å². The maximum Gasteiger partial charge on any atom is 0.319 e. The van der Waals surface area contributed by atoms with E-state index < -0.39 is 0 Å². The molecule has 1 aromatic rings. The van der Waals surface area contributed by atoms with Gasteiger partial charge >= 0.3 is 6.03 Å². The number of carbonyl (C=O) groups excluding carboxylic acids is 1. The van der Waals surface area contributed by atoms with E-state index in [0.29, 0.717) is 16.6 Å². The van der Waals surface area contributed by atoms with Crippen LogP contribution in [0.5, 0.6) is 0 Å². The van der Waals surface area contributed by atoms with E-state index in [4.69, 9.17) is 11.6 Å². The maximum absolute atomic E-state index is 12.0. The first-order chi connectivity index (χ1) is 9.56. The summed E-state index contributed by atoms with van der Waals surface area (Å²) in [4.78, 5) is 12.0. The van der Waals surface area contributed by atoms with Crippen LogP contribution in [0, 0.1) is 12.8 Å². The fourth-order valence-corrected chi connectivity index (χ4v) is 2.65. The first kappa shape index (κ1) is 15.1. The molecule has 110 valence electrons. The molecule has 0 spiro atoms. The van der Waals surface area contributed by atoms with Crippen molar-refractivity contribution in [2.24, 2.45) is 5.92 Å². The van der Waals surface area contributed by atoms with E-state index in [-0.39, 0.29) is 12.1 Å². The molecule has 0 saturated carbocycles. The average molecular weight is 296 g/mol. The Balaban J connectivity index is 1.86. The molecule has 1 fully saturated rings. The summed E-state index contributed by atoms with van der Waals surface area (Å²) in [7, 11) is 0. The van der Waals surface area contributed by atoms with Crippen molar-refractivity contribution in [1.82, 2.24) is 10.6 Å². The molecule has 3 N–H and O–H groups in total. The molecular formula is C15H22ClN3O. The Kier molecular flexibility index (Phi) is 5.26. The Morgan fingerprint density at radius 2 is 2.30 bits per heavy atom. The van der Waals surface area contributed by atoms with Gasteiger partial charge in [-0.2, -0.15) is 0 Å². The molecule has 20 heavy (non-hydrogen) atoms. The SMILES string of the molecule is Cc1ccc(NC(=O)NC(C)C2CCCNC2)cc1Cl. The van der Waals surface area contributed by atoms with Gasteiger partial charge in [0.2, 0.25) is 0 Å². The quantitative estimate of drug-likeness (QED) is 0.802. The summed E-state index contributed by atoms with van der Waals surface area (Å²) in [6.07, 6.45) is 2.33. The number of piperidine rings is 1. The fraction of sp³-hybridized carbons (Fsp3) is 0.533. The minimum absolute atomic E-state index is 0.156. The molecule has 0 aliphatic carbocycles. The predicted octanol–water partition coefficient (Wildman–Crippen LogP) is 3.16. The number of rotatable bonds is 3. The Hall–Kier alpha value is -1.26. The summed E-state index contributed by atoms with van der Waals surface area (Å²) in [6.45, 7) is 6.04. The van der Waals surface area contributed by atoms with Crippen LogP contribution < -0.4 is 16.0 Å². The molecule has 0 bridgehead atoms. The number of hydrogen-bond acceptors (Lipinski definition) is 2. The highest BCUT2D eigenvalue weighted by Crippen LogP contribution is 2.20. The molecule has 1 aromatic carbocycles. The van der Waals surface area contributed by atoms with Gasteiger partial charge in [-0.05, 0) is 63.4 Å². The minimum Gasteiger partial charge on any atom is -0.335 e. The second-order valence-corrected chi connectivity index (χ2v) is 5.86. The van der Waals surface area contributed by atoms with E-state index in [0.717, 1.165) is 25.1 Å². The highest BCUT2D eigenvalue weighted by Gasteiger charge is 2.21. The van der Waals surface area contributed by atoms with Crippen LogP contribution in [0.2, 0.25) is 5.02 Å². The van der Waals surface area contributed by atoms with E-state index in [1.54, 1.807) is 6.07 Å². The molecule has 0 aromatic heterocycles. The maximum atomic E-state index is 12.0. The molecule has 1 aliphatic rings. The molecule has 2 rings (SSSR count). The molecule has 2 atom stereocenters. The molecular weight excluding hydrogens is 274 g/mol. The summed E-state index contributed by atoms with van der Waals surface area (Å²) >= 11 is 6.04. The third-order valence-corrected chi connectivity index (χ3v) is 4.24. The molecule has 5 heteroatoms. The zero-order valence-electron chi connectivity index (χ0n) is 12.0. The number of amides is 2. The van der Waals surface area contributed by atoms with Crippen molar-refractivity contribution in [3.05, 3.63) is 28.8 Å². The molecule has 1 saturated heterocycles. The second kappa shape index (κ2) is 6.95. The van der Waals surface area contributed by atoms with Gasteiger partial charge in [0.15, 0.2) is 0 Å². The standard InChI is InChI=1S/C15H22ClN3O/c1-10-5-6-13(8-14(10)16)19-15(20)18-11(2)12-4-3-7-17-9-12/h5-6,8,11-12,17H,3-4,7,9H2,1-2H3,(H2,18,19,20). The topological polar surface area (TPSA) is 53.2 Å². The van der Waals surface area contributed by atoms with Gasteiger partial charge in [0.1, 0.15) is 0 Å². The van der Waals surface area contributed by atoms with Gasteiger partial charge in [-0.25, -0.2) is 4.79 Å². The van der Waals surface area contributed by atoms with Crippen LogP contribution in [0.4, 0.5) is 10.5 Å². The van der Waals surface area contributed by atoms with E-state index in [1.807, 2.05) is 19.1 Å². The van der Waals surface area contributed by atoms with Gasteiger partial charge in [0, 0.05) is 16.8 Å². The number of aryl methyl sites for hydroxylation is 1. The van der Waals surface area contributed by atoms with Crippen molar-refractivity contribution in [3.8, 4) is 0 Å². The molecule has 2 amide bonds. The number of urea groups is 1. The summed E-state index contributed by atoms with van der Waals surface area (Å²) < 4.78 is 0. The predicted molar refractivity (Wildman–Crippen MR) is 83.4 cm³/mol. The minimum atomic E-state index is -0.178. The highest BCUT2D eigenvalue weighted by molar-refractivity contribution is 6.31. The molecule has 2 unspecified atom stereocenters. The van der Waals surface area contributed by atoms with Gasteiger partial charge in [-0.3, -0.25) is 0 Å². The number of carbonyl (C=O) groups is 1. The molecule has 0 radical (unpaired) electrons. The summed E-state index contributed by atoms with van der Waals surface area (Å²) in [5.74, 6) is 0.496. The third-order valence-electron chi connectivity index (χ3n) is 3.83. The molecule has 1 heterocycles. The van der Waals surface area contributed by atoms with Gasteiger partial charge in [0.25, 0.3) is 0 Å². The first-order valence-electron chi connectivity index (χ1n) is 7.10. The Labute approximate surface area is 125 Å². The third kappa shape index (κ3) is 4.12. The number of anilines is 1. The number of nitrogens with one attached hydrogen (secondary N) is 3. The zero-order chi connectivity index (χ0) is 14.5. The Morgan fingerprint density at radius 3 is 2.95 bits per heavy atom. The lowest BCUT2D eigenvalue weighted by Crippen LogP contribution is -2.45. The fourth-order valence-electron chi connectivity index (χ4n) is 2.47. The van der Waals surface area contributed by atoms with Gasteiger partial charge < -0.3 is 16.0 Å². The Morgan fingerprint density at radius 1 is 1.50 bits per heavy atom. The molecule has 4 nitrogen and oxygen atoms in total. The van der Waals surface area contributed by atoms with Crippen LogP contribution in [-0.4, -0.2) is 25.2 Å². The lowest BCUT2D eigenvalue weighted by Gasteiger charge is -2.28.